The van der Waals surface area contributed by atoms with Gasteiger partial charge in [-0.2, -0.15) is 0 Å². The van der Waals surface area contributed by atoms with Crippen LogP contribution in [0.2, 0.25) is 5.15 Å². The van der Waals surface area contributed by atoms with Gasteiger partial charge in [-0.15, -0.1) is 0 Å². The summed E-state index contributed by atoms with van der Waals surface area (Å²) >= 11 is 6.28. The highest BCUT2D eigenvalue weighted by Crippen LogP contribution is 2.29. The molecule has 0 N–H and O–H groups in total. The molecule has 0 saturated heterocycles. The number of halogens is 1. The van der Waals surface area contributed by atoms with Crippen LogP contribution in [0, 0.1) is 0 Å². The first-order valence-electron chi connectivity index (χ1n) is 6.09. The maximum absolute atomic E-state index is 11.0. The van der Waals surface area contributed by atoms with Crippen LogP contribution in [0.3, 0.4) is 0 Å². The van der Waals surface area contributed by atoms with Crippen LogP contribution in [-0.4, -0.2) is 29.9 Å². The molecule has 2 aromatic rings. The normalized spacial score (nSPS) is 10.5. The fourth-order valence-electron chi connectivity index (χ4n) is 2.02. The molecule has 1 aromatic heterocycles. The maximum Gasteiger partial charge on any atom is 0.211 e. The van der Waals surface area contributed by atoms with Crippen LogP contribution in [0.25, 0.3) is 5.69 Å². The molecule has 2 rings (SSSR count). The van der Waals surface area contributed by atoms with Crippen LogP contribution in [0.1, 0.15) is 23.0 Å². The van der Waals surface area contributed by atoms with E-state index in [1.807, 2.05) is 47.8 Å². The van der Waals surface area contributed by atoms with E-state index < -0.39 is 0 Å². The molecule has 0 aliphatic carbocycles. The molecule has 0 aliphatic heterocycles. The maximum atomic E-state index is 11.0. The first-order chi connectivity index (χ1) is 9.10. The van der Waals surface area contributed by atoms with Gasteiger partial charge in [0.25, 0.3) is 0 Å². The number of hydrogen-bond acceptors (Lipinski definition) is 3. The number of hydrogen-bond donors (Lipinski definition) is 0. The number of carbonyl (C=O) groups is 1. The van der Waals surface area contributed by atoms with Crippen molar-refractivity contribution in [2.75, 3.05) is 19.0 Å². The lowest BCUT2D eigenvalue weighted by molar-refractivity contribution is 0.111. The van der Waals surface area contributed by atoms with Gasteiger partial charge in [0.05, 0.1) is 5.69 Å². The molecular formula is C14H16ClN3O. The van der Waals surface area contributed by atoms with E-state index in [0.717, 1.165) is 17.7 Å². The van der Waals surface area contributed by atoms with E-state index in [1.54, 1.807) is 0 Å². The van der Waals surface area contributed by atoms with Crippen LogP contribution in [0.15, 0.2) is 24.3 Å². The number of aldehydes is 1. The highest BCUT2D eigenvalue weighted by Gasteiger charge is 2.19. The Kier molecular flexibility index (Phi) is 3.90. The summed E-state index contributed by atoms with van der Waals surface area (Å²) in [5, 5.41) is 0.347. The van der Waals surface area contributed by atoms with Crippen molar-refractivity contribution in [1.82, 2.24) is 9.55 Å². The molecule has 0 amide bonds. The Morgan fingerprint density at radius 2 is 2.05 bits per heavy atom. The van der Waals surface area contributed by atoms with Crippen molar-refractivity contribution in [2.45, 2.75) is 13.3 Å². The van der Waals surface area contributed by atoms with Gasteiger partial charge in [-0.1, -0.05) is 36.7 Å². The van der Waals surface area contributed by atoms with Crippen molar-refractivity contribution in [3.05, 3.63) is 40.7 Å². The minimum atomic E-state index is 0.260. The molecule has 1 aromatic carbocycles. The Labute approximate surface area is 117 Å². The summed E-state index contributed by atoms with van der Waals surface area (Å²) in [5.74, 6) is 0.646. The Bertz CT molecular complexity index is 605. The first-order valence-corrected chi connectivity index (χ1v) is 6.47. The summed E-state index contributed by atoms with van der Waals surface area (Å²) in [4.78, 5) is 17.1. The second-order valence-corrected chi connectivity index (χ2v) is 4.78. The molecule has 0 aliphatic rings. The molecule has 19 heavy (non-hydrogen) atoms. The third kappa shape index (κ3) is 2.36. The van der Waals surface area contributed by atoms with E-state index in [4.69, 9.17) is 11.6 Å². The number of imidazole rings is 1. The zero-order chi connectivity index (χ0) is 14.0. The van der Waals surface area contributed by atoms with Crippen LogP contribution in [-0.2, 0) is 6.42 Å². The number of anilines is 1. The molecule has 0 unspecified atom stereocenters. The molecule has 4 nitrogen and oxygen atoms in total. The fourth-order valence-corrected chi connectivity index (χ4v) is 2.28. The van der Waals surface area contributed by atoms with Gasteiger partial charge < -0.3 is 4.90 Å². The van der Waals surface area contributed by atoms with E-state index in [1.165, 1.54) is 0 Å². The third-order valence-corrected chi connectivity index (χ3v) is 3.32. The zero-order valence-corrected chi connectivity index (χ0v) is 12.0. The number of rotatable bonds is 4. The molecule has 100 valence electrons. The average molecular weight is 278 g/mol. The van der Waals surface area contributed by atoms with Gasteiger partial charge in [-0.25, -0.2) is 4.98 Å². The summed E-state index contributed by atoms with van der Waals surface area (Å²) < 4.78 is 1.81. The highest BCUT2D eigenvalue weighted by molar-refractivity contribution is 6.32. The van der Waals surface area contributed by atoms with Crippen molar-refractivity contribution >= 4 is 23.8 Å². The standard InChI is InChI=1S/C14H16ClN3O/c1-4-10-7-5-6-8-12(10)18-13(15)11(9-19)16-14(18)17(2)3/h5-9H,4H2,1-3H3. The van der Waals surface area contributed by atoms with Crippen molar-refractivity contribution in [3.8, 4) is 5.69 Å². The third-order valence-electron chi connectivity index (χ3n) is 2.95. The molecule has 1 heterocycles. The quantitative estimate of drug-likeness (QED) is 0.807. The Balaban J connectivity index is 2.73. The second-order valence-electron chi connectivity index (χ2n) is 4.42. The van der Waals surface area contributed by atoms with E-state index >= 15 is 0 Å². The van der Waals surface area contributed by atoms with Crippen LogP contribution in [0.5, 0.6) is 0 Å². The van der Waals surface area contributed by atoms with Gasteiger partial charge in [0.1, 0.15) is 10.8 Å². The van der Waals surface area contributed by atoms with Crippen molar-refractivity contribution in [1.29, 1.82) is 0 Å². The molecule has 0 saturated carbocycles. The van der Waals surface area contributed by atoms with E-state index in [-0.39, 0.29) is 5.69 Å². The summed E-state index contributed by atoms with van der Waals surface area (Å²) in [6.45, 7) is 2.08. The minimum absolute atomic E-state index is 0.260. The number of benzene rings is 1. The van der Waals surface area contributed by atoms with Crippen molar-refractivity contribution in [2.24, 2.45) is 0 Å². The van der Waals surface area contributed by atoms with E-state index in [0.29, 0.717) is 17.4 Å². The summed E-state index contributed by atoms with van der Waals surface area (Å²) in [6.07, 6.45) is 1.56. The van der Waals surface area contributed by atoms with Gasteiger partial charge in [0.15, 0.2) is 6.29 Å². The number of aromatic nitrogens is 2. The lowest BCUT2D eigenvalue weighted by Gasteiger charge is -2.17. The minimum Gasteiger partial charge on any atom is -0.348 e. The Morgan fingerprint density at radius 3 is 2.63 bits per heavy atom. The molecule has 0 radical (unpaired) electrons. The Hall–Kier alpha value is -1.81. The predicted octanol–water partition coefficient (Wildman–Crippen LogP) is 2.97. The molecule has 0 atom stereocenters. The Morgan fingerprint density at radius 1 is 1.37 bits per heavy atom. The first kappa shape index (κ1) is 13.6. The van der Waals surface area contributed by atoms with E-state index in [2.05, 4.69) is 11.9 Å². The lowest BCUT2D eigenvalue weighted by atomic mass is 10.1. The molecule has 0 bridgehead atoms. The van der Waals surface area contributed by atoms with Crippen LogP contribution >= 0.6 is 11.6 Å². The largest absolute Gasteiger partial charge is 0.348 e. The summed E-state index contributed by atoms with van der Waals surface area (Å²) in [5.41, 5.74) is 2.37. The fraction of sp³-hybridized carbons (Fsp3) is 0.286. The van der Waals surface area contributed by atoms with Gasteiger partial charge in [0, 0.05) is 14.1 Å². The van der Waals surface area contributed by atoms with Gasteiger partial charge in [0.2, 0.25) is 5.95 Å². The van der Waals surface area contributed by atoms with Crippen LogP contribution in [0.4, 0.5) is 5.95 Å². The second kappa shape index (κ2) is 5.45. The van der Waals surface area contributed by atoms with Gasteiger partial charge >= 0.3 is 0 Å². The number of aryl methyl sites for hydroxylation is 1. The van der Waals surface area contributed by atoms with Crippen LogP contribution < -0.4 is 4.90 Å². The van der Waals surface area contributed by atoms with Crippen molar-refractivity contribution in [3.63, 3.8) is 0 Å². The summed E-state index contributed by atoms with van der Waals surface area (Å²) in [6, 6.07) is 7.97. The SMILES string of the molecule is CCc1ccccc1-n1c(N(C)C)nc(C=O)c1Cl. The zero-order valence-electron chi connectivity index (χ0n) is 11.2. The number of carbonyl (C=O) groups excluding carboxylic acids is 1. The molecule has 0 fully saturated rings. The number of nitrogens with zero attached hydrogens (tertiary/aromatic N) is 3. The monoisotopic (exact) mass is 277 g/mol. The topological polar surface area (TPSA) is 38.1 Å². The van der Waals surface area contributed by atoms with Gasteiger partial charge in [-0.3, -0.25) is 9.36 Å². The number of para-hydroxylation sites is 1. The van der Waals surface area contributed by atoms with Crippen molar-refractivity contribution < 1.29 is 4.79 Å². The average Bonchev–Trinajstić information content (AvgIpc) is 2.75. The van der Waals surface area contributed by atoms with E-state index in [9.17, 15) is 4.79 Å². The smallest absolute Gasteiger partial charge is 0.211 e. The highest BCUT2D eigenvalue weighted by atomic mass is 35.5. The molecule has 5 heteroatoms. The lowest BCUT2D eigenvalue weighted by Crippen LogP contribution is -2.15. The summed E-state index contributed by atoms with van der Waals surface area (Å²) in [7, 11) is 3.75. The van der Waals surface area contributed by atoms with Gasteiger partial charge in [-0.05, 0) is 18.1 Å². The molecular weight excluding hydrogens is 262 g/mol. The molecule has 0 spiro atoms. The predicted molar refractivity (Wildman–Crippen MR) is 77.7 cm³/mol.